The second-order valence-electron chi connectivity index (χ2n) is 6.35. The second kappa shape index (κ2) is 9.84. The number of aryl methyl sites for hydroxylation is 1. The Morgan fingerprint density at radius 3 is 2.76 bits per heavy atom. The molecule has 0 saturated heterocycles. The van der Waals surface area contributed by atoms with Gasteiger partial charge in [0, 0.05) is 5.38 Å². The molecule has 150 valence electrons. The SMILES string of the molecule is CCOC(=O)Cc1csc(NC(=O)c2ccccc2OCc2cccc(C)c2)n1. The van der Waals surface area contributed by atoms with Gasteiger partial charge in [-0.2, -0.15) is 0 Å². The molecule has 0 bridgehead atoms. The van der Waals surface area contributed by atoms with Gasteiger partial charge in [-0.3, -0.25) is 14.9 Å². The lowest BCUT2D eigenvalue weighted by molar-refractivity contribution is -0.142. The van der Waals surface area contributed by atoms with E-state index in [2.05, 4.69) is 10.3 Å². The topological polar surface area (TPSA) is 77.5 Å². The number of aromatic nitrogens is 1. The van der Waals surface area contributed by atoms with Gasteiger partial charge in [-0.15, -0.1) is 11.3 Å². The second-order valence-corrected chi connectivity index (χ2v) is 7.21. The van der Waals surface area contributed by atoms with Crippen LogP contribution in [0.4, 0.5) is 5.13 Å². The first-order chi connectivity index (χ1) is 14.0. The first-order valence-corrected chi connectivity index (χ1v) is 10.1. The van der Waals surface area contributed by atoms with Gasteiger partial charge in [0.05, 0.1) is 24.3 Å². The van der Waals surface area contributed by atoms with Gasteiger partial charge >= 0.3 is 5.97 Å². The van der Waals surface area contributed by atoms with Crippen molar-refractivity contribution in [1.82, 2.24) is 4.98 Å². The number of anilines is 1. The van der Waals surface area contributed by atoms with E-state index < -0.39 is 0 Å². The molecule has 0 aliphatic carbocycles. The fraction of sp³-hybridized carbons (Fsp3) is 0.227. The van der Waals surface area contributed by atoms with Crippen LogP contribution in [0.25, 0.3) is 0 Å². The number of rotatable bonds is 8. The molecule has 1 aromatic heterocycles. The number of amides is 1. The Labute approximate surface area is 173 Å². The van der Waals surface area contributed by atoms with Crippen molar-refractivity contribution in [3.8, 4) is 5.75 Å². The van der Waals surface area contributed by atoms with E-state index in [-0.39, 0.29) is 18.3 Å². The lowest BCUT2D eigenvalue weighted by Gasteiger charge is -2.11. The summed E-state index contributed by atoms with van der Waals surface area (Å²) < 4.78 is 10.8. The average molecular weight is 410 g/mol. The van der Waals surface area contributed by atoms with Gasteiger partial charge in [-0.1, -0.05) is 42.0 Å². The molecule has 0 spiro atoms. The maximum Gasteiger partial charge on any atom is 0.311 e. The molecular formula is C22H22N2O4S. The molecular weight excluding hydrogens is 388 g/mol. The molecule has 6 nitrogen and oxygen atoms in total. The number of para-hydroxylation sites is 1. The molecule has 29 heavy (non-hydrogen) atoms. The van der Waals surface area contributed by atoms with Crippen molar-refractivity contribution < 1.29 is 19.1 Å². The summed E-state index contributed by atoms with van der Waals surface area (Å²) in [5.74, 6) is -0.165. The molecule has 1 N–H and O–H groups in total. The molecule has 0 aliphatic heterocycles. The number of benzene rings is 2. The van der Waals surface area contributed by atoms with Crippen LogP contribution in [0.15, 0.2) is 53.9 Å². The zero-order chi connectivity index (χ0) is 20.6. The number of nitrogens with one attached hydrogen (secondary N) is 1. The van der Waals surface area contributed by atoms with Crippen molar-refractivity contribution in [3.05, 3.63) is 76.3 Å². The maximum absolute atomic E-state index is 12.7. The molecule has 2 aromatic carbocycles. The lowest BCUT2D eigenvalue weighted by atomic mass is 10.1. The Bertz CT molecular complexity index is 1000. The summed E-state index contributed by atoms with van der Waals surface area (Å²) in [6.07, 6.45) is 0.0798. The maximum atomic E-state index is 12.7. The molecule has 0 unspecified atom stereocenters. The molecule has 0 atom stereocenters. The van der Waals surface area contributed by atoms with E-state index in [0.29, 0.717) is 35.4 Å². The summed E-state index contributed by atoms with van der Waals surface area (Å²) >= 11 is 1.26. The number of hydrogen-bond acceptors (Lipinski definition) is 6. The number of carbonyl (C=O) groups excluding carboxylic acids is 2. The number of carbonyl (C=O) groups is 2. The monoisotopic (exact) mass is 410 g/mol. The summed E-state index contributed by atoms with van der Waals surface area (Å²) in [6.45, 7) is 4.47. The number of esters is 1. The van der Waals surface area contributed by atoms with Crippen molar-refractivity contribution in [3.63, 3.8) is 0 Å². The van der Waals surface area contributed by atoms with Crippen LogP contribution in [-0.4, -0.2) is 23.5 Å². The van der Waals surface area contributed by atoms with Crippen molar-refractivity contribution >= 4 is 28.3 Å². The molecule has 0 saturated carbocycles. The quantitative estimate of drug-likeness (QED) is 0.558. The van der Waals surface area contributed by atoms with Gasteiger partial charge in [0.15, 0.2) is 5.13 Å². The fourth-order valence-corrected chi connectivity index (χ4v) is 3.42. The highest BCUT2D eigenvalue weighted by Crippen LogP contribution is 2.23. The smallest absolute Gasteiger partial charge is 0.311 e. The van der Waals surface area contributed by atoms with Crippen molar-refractivity contribution in [1.29, 1.82) is 0 Å². The molecule has 7 heteroatoms. The minimum absolute atomic E-state index is 0.0798. The molecule has 1 heterocycles. The van der Waals surface area contributed by atoms with Gasteiger partial charge in [-0.25, -0.2) is 4.98 Å². The van der Waals surface area contributed by atoms with Gasteiger partial charge in [-0.05, 0) is 31.5 Å². The Morgan fingerprint density at radius 1 is 1.14 bits per heavy atom. The first kappa shape index (κ1) is 20.5. The van der Waals surface area contributed by atoms with Gasteiger partial charge in [0.2, 0.25) is 0 Å². The van der Waals surface area contributed by atoms with Crippen LogP contribution < -0.4 is 10.1 Å². The summed E-state index contributed by atoms with van der Waals surface area (Å²) in [4.78, 5) is 28.6. The summed E-state index contributed by atoms with van der Waals surface area (Å²) in [6, 6.07) is 15.1. The standard InChI is InChI=1S/C22H22N2O4S/c1-3-27-20(25)12-17-14-29-22(23-17)24-21(26)18-9-4-5-10-19(18)28-13-16-8-6-7-15(2)11-16/h4-11,14H,3,12-13H2,1-2H3,(H,23,24,26). The number of nitrogens with zero attached hydrogens (tertiary/aromatic N) is 1. The third-order valence-electron chi connectivity index (χ3n) is 4.01. The van der Waals surface area contributed by atoms with E-state index in [9.17, 15) is 9.59 Å². The molecule has 3 aromatic rings. The number of ether oxygens (including phenoxy) is 2. The van der Waals surface area contributed by atoms with Crippen LogP contribution >= 0.6 is 11.3 Å². The van der Waals surface area contributed by atoms with Crippen LogP contribution in [0.3, 0.4) is 0 Å². The van der Waals surface area contributed by atoms with Crippen LogP contribution in [0.1, 0.15) is 34.1 Å². The predicted molar refractivity (Wildman–Crippen MR) is 112 cm³/mol. The van der Waals surface area contributed by atoms with E-state index in [0.717, 1.165) is 11.1 Å². The van der Waals surface area contributed by atoms with Gasteiger partial charge in [0.1, 0.15) is 12.4 Å². The average Bonchev–Trinajstić information content (AvgIpc) is 3.13. The number of hydrogen-bond donors (Lipinski definition) is 1. The highest BCUT2D eigenvalue weighted by molar-refractivity contribution is 7.14. The van der Waals surface area contributed by atoms with Crippen LogP contribution in [0.2, 0.25) is 0 Å². The fourth-order valence-electron chi connectivity index (χ4n) is 2.71. The van der Waals surface area contributed by atoms with Crippen LogP contribution in [0, 0.1) is 6.92 Å². The third kappa shape index (κ3) is 5.89. The van der Waals surface area contributed by atoms with Crippen molar-refractivity contribution in [2.45, 2.75) is 26.9 Å². The van der Waals surface area contributed by atoms with E-state index in [1.54, 1.807) is 30.5 Å². The number of thiazole rings is 1. The Kier molecular flexibility index (Phi) is 6.97. The Hall–Kier alpha value is -3.19. The normalized spacial score (nSPS) is 10.4. The van der Waals surface area contributed by atoms with Crippen LogP contribution in [-0.2, 0) is 22.6 Å². The minimum Gasteiger partial charge on any atom is -0.488 e. The third-order valence-corrected chi connectivity index (χ3v) is 4.82. The van der Waals surface area contributed by atoms with Crippen LogP contribution in [0.5, 0.6) is 5.75 Å². The molecule has 0 radical (unpaired) electrons. The minimum atomic E-state index is -0.342. The summed E-state index contributed by atoms with van der Waals surface area (Å²) in [7, 11) is 0. The zero-order valence-electron chi connectivity index (χ0n) is 16.3. The molecule has 0 fully saturated rings. The summed E-state index contributed by atoms with van der Waals surface area (Å²) in [5.41, 5.74) is 3.17. The Balaban J connectivity index is 1.65. The molecule has 1 amide bonds. The van der Waals surface area contributed by atoms with Crippen molar-refractivity contribution in [2.24, 2.45) is 0 Å². The van der Waals surface area contributed by atoms with E-state index in [1.165, 1.54) is 11.3 Å². The Morgan fingerprint density at radius 2 is 1.97 bits per heavy atom. The predicted octanol–water partition coefficient (Wildman–Crippen LogP) is 4.39. The first-order valence-electron chi connectivity index (χ1n) is 9.24. The lowest BCUT2D eigenvalue weighted by Crippen LogP contribution is -2.14. The molecule has 3 rings (SSSR count). The molecule has 0 aliphatic rings. The highest BCUT2D eigenvalue weighted by atomic mass is 32.1. The van der Waals surface area contributed by atoms with E-state index in [1.807, 2.05) is 37.3 Å². The van der Waals surface area contributed by atoms with E-state index in [4.69, 9.17) is 9.47 Å². The highest BCUT2D eigenvalue weighted by Gasteiger charge is 2.15. The summed E-state index contributed by atoms with van der Waals surface area (Å²) in [5, 5.41) is 4.92. The van der Waals surface area contributed by atoms with Gasteiger partial charge in [0.25, 0.3) is 5.91 Å². The van der Waals surface area contributed by atoms with E-state index >= 15 is 0 Å². The zero-order valence-corrected chi connectivity index (χ0v) is 17.1. The largest absolute Gasteiger partial charge is 0.488 e. The van der Waals surface area contributed by atoms with Gasteiger partial charge < -0.3 is 9.47 Å². The van der Waals surface area contributed by atoms with Crippen molar-refractivity contribution in [2.75, 3.05) is 11.9 Å².